The Balaban J connectivity index is 0.00000225. The molecule has 0 saturated carbocycles. The van der Waals surface area contributed by atoms with Gasteiger partial charge in [-0.2, -0.15) is 0 Å². The molecule has 0 aliphatic carbocycles. The van der Waals surface area contributed by atoms with Gasteiger partial charge in [0.25, 0.3) is 0 Å². The van der Waals surface area contributed by atoms with E-state index < -0.39 is 10.4 Å². The largest absolute Gasteiger partial charge is 1.00 e. The zero-order chi connectivity index (χ0) is 17.2. The van der Waals surface area contributed by atoms with Crippen molar-refractivity contribution in [1.82, 2.24) is 0 Å². The van der Waals surface area contributed by atoms with Crippen LogP contribution in [0.15, 0.2) is 52.3 Å². The molecule has 2 aromatic rings. The van der Waals surface area contributed by atoms with E-state index in [0.717, 1.165) is 26.9 Å². The van der Waals surface area contributed by atoms with Crippen molar-refractivity contribution in [3.05, 3.63) is 42.5 Å². The molecule has 3 rings (SSSR count). The predicted octanol–water partition coefficient (Wildman–Crippen LogP) is 0.169. The van der Waals surface area contributed by atoms with Gasteiger partial charge in [-0.15, -0.1) is 0 Å². The molecule has 0 N–H and O–H groups in total. The van der Waals surface area contributed by atoms with Crippen molar-refractivity contribution in [1.29, 1.82) is 0 Å². The zero-order valence-electron chi connectivity index (χ0n) is 14.0. The maximum Gasteiger partial charge on any atom is 1.00 e. The van der Waals surface area contributed by atoms with Crippen molar-refractivity contribution < 1.29 is 51.4 Å². The summed E-state index contributed by atoms with van der Waals surface area (Å²) in [6.45, 7) is 0.379. The molecule has 25 heavy (non-hydrogen) atoms. The summed E-state index contributed by atoms with van der Waals surface area (Å²) in [5.74, 6) is 0.747. The number of ether oxygens (including phenoxy) is 1. The van der Waals surface area contributed by atoms with Crippen LogP contribution in [0, 0.1) is 0 Å². The van der Waals surface area contributed by atoms with E-state index in [1.807, 2.05) is 42.5 Å². The molecule has 9 heteroatoms. The fourth-order valence-electron chi connectivity index (χ4n) is 2.56. The van der Waals surface area contributed by atoms with Crippen molar-refractivity contribution in [2.24, 2.45) is 0 Å². The van der Waals surface area contributed by atoms with Crippen LogP contribution >= 0.6 is 11.8 Å². The number of methoxy groups -OCH3 is 1. The van der Waals surface area contributed by atoms with Gasteiger partial charge in [0.15, 0.2) is 0 Å². The minimum atomic E-state index is -4.65. The first-order chi connectivity index (χ1) is 11.5. The standard InChI is InChI=1S/C16H17NO5S2.Na/c1-21-12-7-8-16-14(11-12)17(9-4-10-22-24(18,19)20)13-5-2-3-6-15(13)23-16;/h2-3,5-8,11H,4,9-10H2,1H3,(H,18,19,20);/q;+1/p-1. The van der Waals surface area contributed by atoms with Crippen LogP contribution in [-0.2, 0) is 14.6 Å². The SMILES string of the molecule is COc1ccc2c(c1)N(CCCOS(=O)(=O)[O-])c1ccccc1S2.[Na+]. The molecule has 6 nitrogen and oxygen atoms in total. The number of anilines is 2. The van der Waals surface area contributed by atoms with Crippen molar-refractivity contribution in [2.75, 3.05) is 25.2 Å². The molecule has 2 aromatic carbocycles. The number of rotatable bonds is 6. The fourth-order valence-corrected chi connectivity index (χ4v) is 3.96. The molecule has 128 valence electrons. The van der Waals surface area contributed by atoms with Crippen LogP contribution in [0.5, 0.6) is 5.75 Å². The third kappa shape index (κ3) is 5.13. The average molecular weight is 389 g/mol. The smallest absolute Gasteiger partial charge is 0.726 e. The minimum absolute atomic E-state index is 0. The van der Waals surface area contributed by atoms with E-state index >= 15 is 0 Å². The van der Waals surface area contributed by atoms with Crippen molar-refractivity contribution in [3.63, 3.8) is 0 Å². The van der Waals surface area contributed by atoms with Gasteiger partial charge in [-0.1, -0.05) is 23.9 Å². The van der Waals surface area contributed by atoms with Crippen molar-refractivity contribution in [3.8, 4) is 5.75 Å². The molecule has 0 atom stereocenters. The Kier molecular flexibility index (Phi) is 7.21. The third-order valence-electron chi connectivity index (χ3n) is 3.59. The van der Waals surface area contributed by atoms with Crippen LogP contribution in [0.2, 0.25) is 0 Å². The van der Waals surface area contributed by atoms with E-state index in [9.17, 15) is 13.0 Å². The van der Waals surface area contributed by atoms with Crippen molar-refractivity contribution >= 4 is 33.5 Å². The first-order valence-electron chi connectivity index (χ1n) is 7.30. The maximum absolute atomic E-state index is 10.6. The molecule has 0 amide bonds. The number of hydrogen-bond donors (Lipinski definition) is 0. The van der Waals surface area contributed by atoms with Gasteiger partial charge in [0.05, 0.1) is 25.1 Å². The first kappa shape index (κ1) is 20.6. The minimum Gasteiger partial charge on any atom is -0.726 e. The van der Waals surface area contributed by atoms with E-state index in [0.29, 0.717) is 13.0 Å². The number of para-hydroxylation sites is 1. The number of fused-ring (bicyclic) bond motifs is 2. The molecule has 0 fully saturated rings. The van der Waals surface area contributed by atoms with Gasteiger partial charge < -0.3 is 14.2 Å². The van der Waals surface area contributed by atoms with Crippen LogP contribution < -0.4 is 39.2 Å². The van der Waals surface area contributed by atoms with Crippen LogP contribution in [0.4, 0.5) is 11.4 Å². The molecule has 0 radical (unpaired) electrons. The summed E-state index contributed by atoms with van der Waals surface area (Å²) >= 11 is 1.67. The second kappa shape index (κ2) is 8.77. The topological polar surface area (TPSA) is 78.9 Å². The summed E-state index contributed by atoms with van der Waals surface area (Å²) in [6, 6.07) is 13.8. The molecule has 0 saturated heterocycles. The van der Waals surface area contributed by atoms with Gasteiger partial charge in [-0.05, 0) is 30.7 Å². The molecular weight excluding hydrogens is 373 g/mol. The Morgan fingerprint density at radius 1 is 1.12 bits per heavy atom. The summed E-state index contributed by atoms with van der Waals surface area (Å²) in [5.41, 5.74) is 2.02. The second-order valence-corrected chi connectivity index (χ2v) is 7.27. The Morgan fingerprint density at radius 2 is 1.84 bits per heavy atom. The first-order valence-corrected chi connectivity index (χ1v) is 9.45. The number of nitrogens with zero attached hydrogens (tertiary/aromatic N) is 1. The molecule has 0 aromatic heterocycles. The second-order valence-electron chi connectivity index (χ2n) is 5.14. The van der Waals surface area contributed by atoms with Crippen molar-refractivity contribution in [2.45, 2.75) is 16.2 Å². The van der Waals surface area contributed by atoms with E-state index in [2.05, 4.69) is 9.08 Å². The van der Waals surface area contributed by atoms with Crippen LogP contribution in [-0.4, -0.2) is 33.2 Å². The Bertz CT molecular complexity index is 844. The van der Waals surface area contributed by atoms with Gasteiger partial charge in [-0.25, -0.2) is 8.42 Å². The monoisotopic (exact) mass is 389 g/mol. The van der Waals surface area contributed by atoms with E-state index in [1.165, 1.54) is 0 Å². The van der Waals surface area contributed by atoms with E-state index in [-0.39, 0.29) is 36.2 Å². The molecule has 0 spiro atoms. The Morgan fingerprint density at radius 3 is 2.56 bits per heavy atom. The number of benzene rings is 2. The Labute approximate surface area is 173 Å². The summed E-state index contributed by atoms with van der Waals surface area (Å²) < 4.78 is 41.3. The predicted molar refractivity (Wildman–Crippen MR) is 90.8 cm³/mol. The van der Waals surface area contributed by atoms with Gasteiger partial charge >= 0.3 is 29.6 Å². The van der Waals surface area contributed by atoms with Crippen LogP contribution in [0.3, 0.4) is 0 Å². The van der Waals surface area contributed by atoms with E-state index in [4.69, 9.17) is 4.74 Å². The summed E-state index contributed by atoms with van der Waals surface area (Å²) in [4.78, 5) is 4.30. The summed E-state index contributed by atoms with van der Waals surface area (Å²) in [6.07, 6.45) is 0.400. The summed E-state index contributed by atoms with van der Waals surface area (Å²) in [7, 11) is -3.04. The zero-order valence-corrected chi connectivity index (χ0v) is 17.6. The van der Waals surface area contributed by atoms with Gasteiger partial charge in [-0.3, -0.25) is 4.18 Å². The summed E-state index contributed by atoms with van der Waals surface area (Å²) in [5, 5.41) is 0. The molecule has 0 bridgehead atoms. The molecule has 0 unspecified atom stereocenters. The number of hydrogen-bond acceptors (Lipinski definition) is 7. The van der Waals surface area contributed by atoms with Crippen LogP contribution in [0.1, 0.15) is 6.42 Å². The normalized spacial score (nSPS) is 12.8. The quantitative estimate of drug-likeness (QED) is 0.302. The fraction of sp³-hybridized carbons (Fsp3) is 0.250. The van der Waals surface area contributed by atoms with E-state index in [1.54, 1.807) is 18.9 Å². The molecule has 1 heterocycles. The molecular formula is C16H16NNaO5S2. The van der Waals surface area contributed by atoms with Gasteiger partial charge in [0.1, 0.15) is 5.75 Å². The average Bonchev–Trinajstić information content (AvgIpc) is 2.56. The Hall–Kier alpha value is -0.740. The van der Waals surface area contributed by atoms with Gasteiger partial charge in [0, 0.05) is 22.4 Å². The van der Waals surface area contributed by atoms with Gasteiger partial charge in [0.2, 0.25) is 10.4 Å². The molecule has 1 aliphatic heterocycles. The maximum atomic E-state index is 10.6. The molecule has 1 aliphatic rings. The third-order valence-corrected chi connectivity index (χ3v) is 5.17. The van der Waals surface area contributed by atoms with Crippen LogP contribution in [0.25, 0.3) is 0 Å².